The molecule has 94 valence electrons. The largest absolute Gasteiger partial charge is 0.317 e. The molecule has 0 bridgehead atoms. The lowest BCUT2D eigenvalue weighted by Crippen LogP contribution is -2.66. The number of hydrogen-bond donors (Lipinski definition) is 1. The van der Waals surface area contributed by atoms with Gasteiger partial charge in [-0.1, -0.05) is 20.3 Å². The fraction of sp³-hybridized carbons (Fsp3) is 1.00. The molecule has 1 N–H and O–H groups in total. The molecule has 2 heteroatoms. The normalized spacial score (nSPS) is 28.7. The van der Waals surface area contributed by atoms with E-state index in [4.69, 9.17) is 0 Å². The fourth-order valence-electron chi connectivity index (χ4n) is 3.52. The summed E-state index contributed by atoms with van der Waals surface area (Å²) in [7, 11) is 0. The molecule has 16 heavy (non-hydrogen) atoms. The lowest BCUT2D eigenvalue weighted by atomic mass is 9.69. The SMILES string of the molecule is CCCC(C)(CC)N1CC2(CCNCC2)C1. The van der Waals surface area contributed by atoms with E-state index in [0.29, 0.717) is 11.0 Å². The van der Waals surface area contributed by atoms with Crippen molar-refractivity contribution in [2.75, 3.05) is 26.2 Å². The van der Waals surface area contributed by atoms with Crippen LogP contribution in [-0.2, 0) is 0 Å². The van der Waals surface area contributed by atoms with E-state index >= 15 is 0 Å². The van der Waals surface area contributed by atoms with Crippen LogP contribution < -0.4 is 5.32 Å². The minimum atomic E-state index is 0.477. The standard InChI is InChI=1S/C14H28N2/c1-4-6-13(3,5-2)16-11-14(12-16)7-9-15-10-8-14/h15H,4-12H2,1-3H3. The van der Waals surface area contributed by atoms with E-state index < -0.39 is 0 Å². The summed E-state index contributed by atoms with van der Waals surface area (Å²) >= 11 is 0. The highest BCUT2D eigenvalue weighted by Gasteiger charge is 2.48. The Labute approximate surface area is 101 Å². The highest BCUT2D eigenvalue weighted by atomic mass is 15.3. The van der Waals surface area contributed by atoms with Gasteiger partial charge in [0.05, 0.1) is 0 Å². The highest BCUT2D eigenvalue weighted by Crippen LogP contribution is 2.44. The summed E-state index contributed by atoms with van der Waals surface area (Å²) in [5.74, 6) is 0. The van der Waals surface area contributed by atoms with Crippen LogP contribution in [0.5, 0.6) is 0 Å². The second kappa shape index (κ2) is 4.66. The van der Waals surface area contributed by atoms with E-state index in [1.165, 1.54) is 58.3 Å². The molecule has 2 rings (SSSR count). The third-order valence-electron chi connectivity index (χ3n) is 5.03. The molecule has 2 aliphatic rings. The van der Waals surface area contributed by atoms with Crippen LogP contribution in [0.25, 0.3) is 0 Å². The molecule has 2 aliphatic heterocycles. The van der Waals surface area contributed by atoms with Gasteiger partial charge >= 0.3 is 0 Å². The van der Waals surface area contributed by atoms with Crippen molar-refractivity contribution in [2.45, 2.75) is 58.4 Å². The maximum atomic E-state index is 3.48. The Morgan fingerprint density at radius 3 is 2.31 bits per heavy atom. The number of nitrogens with zero attached hydrogens (tertiary/aromatic N) is 1. The van der Waals surface area contributed by atoms with Gasteiger partial charge in [-0.2, -0.15) is 0 Å². The quantitative estimate of drug-likeness (QED) is 0.790. The summed E-state index contributed by atoms with van der Waals surface area (Å²) in [5, 5.41) is 3.48. The van der Waals surface area contributed by atoms with E-state index in [1.807, 2.05) is 0 Å². The van der Waals surface area contributed by atoms with Gasteiger partial charge in [0.25, 0.3) is 0 Å². The van der Waals surface area contributed by atoms with Gasteiger partial charge in [0, 0.05) is 18.6 Å². The van der Waals surface area contributed by atoms with Crippen molar-refractivity contribution in [3.05, 3.63) is 0 Å². The second-order valence-electron chi connectivity index (χ2n) is 6.21. The zero-order chi connectivity index (χ0) is 11.6. The first-order valence-corrected chi connectivity index (χ1v) is 7.10. The van der Waals surface area contributed by atoms with Gasteiger partial charge in [0.15, 0.2) is 0 Å². The van der Waals surface area contributed by atoms with Crippen LogP contribution in [0.2, 0.25) is 0 Å². The van der Waals surface area contributed by atoms with Crippen molar-refractivity contribution >= 4 is 0 Å². The van der Waals surface area contributed by atoms with Crippen LogP contribution in [0.3, 0.4) is 0 Å². The number of hydrogen-bond acceptors (Lipinski definition) is 2. The smallest absolute Gasteiger partial charge is 0.0179 e. The molecule has 2 saturated heterocycles. The minimum absolute atomic E-state index is 0.477. The van der Waals surface area contributed by atoms with E-state index in [-0.39, 0.29) is 0 Å². The van der Waals surface area contributed by atoms with Crippen molar-refractivity contribution in [1.82, 2.24) is 10.2 Å². The Morgan fingerprint density at radius 2 is 1.81 bits per heavy atom. The molecular formula is C14H28N2. The average Bonchev–Trinajstić information content (AvgIpc) is 2.27. The Bertz CT molecular complexity index is 225. The topological polar surface area (TPSA) is 15.3 Å². The molecule has 2 fully saturated rings. The van der Waals surface area contributed by atoms with Crippen molar-refractivity contribution in [2.24, 2.45) is 5.41 Å². The van der Waals surface area contributed by atoms with Crippen LogP contribution in [-0.4, -0.2) is 36.6 Å². The van der Waals surface area contributed by atoms with Crippen molar-refractivity contribution in [3.8, 4) is 0 Å². The number of likely N-dealkylation sites (tertiary alicyclic amines) is 1. The Morgan fingerprint density at radius 1 is 1.19 bits per heavy atom. The Kier molecular flexibility index (Phi) is 3.60. The number of piperidine rings is 1. The first kappa shape index (κ1) is 12.4. The molecular weight excluding hydrogens is 196 g/mol. The van der Waals surface area contributed by atoms with Gasteiger partial charge in [0.2, 0.25) is 0 Å². The van der Waals surface area contributed by atoms with Crippen LogP contribution >= 0.6 is 0 Å². The summed E-state index contributed by atoms with van der Waals surface area (Å²) in [5.41, 5.74) is 1.17. The summed E-state index contributed by atoms with van der Waals surface area (Å²) in [6.07, 6.45) is 6.77. The second-order valence-corrected chi connectivity index (χ2v) is 6.21. The summed E-state index contributed by atoms with van der Waals surface area (Å²) in [6, 6.07) is 0. The maximum Gasteiger partial charge on any atom is 0.0179 e. The van der Waals surface area contributed by atoms with Gasteiger partial charge in [-0.3, -0.25) is 4.90 Å². The van der Waals surface area contributed by atoms with Crippen LogP contribution in [0.15, 0.2) is 0 Å². The lowest BCUT2D eigenvalue weighted by Gasteiger charge is -2.59. The van der Waals surface area contributed by atoms with Crippen molar-refractivity contribution in [3.63, 3.8) is 0 Å². The zero-order valence-corrected chi connectivity index (χ0v) is 11.3. The van der Waals surface area contributed by atoms with Gasteiger partial charge in [-0.05, 0) is 51.1 Å². The molecule has 0 amide bonds. The van der Waals surface area contributed by atoms with Crippen LogP contribution in [0.4, 0.5) is 0 Å². The Balaban J connectivity index is 1.90. The molecule has 0 aromatic heterocycles. The van der Waals surface area contributed by atoms with E-state index in [0.717, 1.165) is 0 Å². The first-order chi connectivity index (χ1) is 7.64. The lowest BCUT2D eigenvalue weighted by molar-refractivity contribution is -0.0914. The molecule has 2 heterocycles. The van der Waals surface area contributed by atoms with E-state index in [2.05, 4.69) is 31.0 Å². The Hall–Kier alpha value is -0.0800. The monoisotopic (exact) mass is 224 g/mol. The highest BCUT2D eigenvalue weighted by molar-refractivity contribution is 5.03. The first-order valence-electron chi connectivity index (χ1n) is 7.10. The van der Waals surface area contributed by atoms with Gasteiger partial charge in [-0.15, -0.1) is 0 Å². The van der Waals surface area contributed by atoms with Crippen LogP contribution in [0, 0.1) is 5.41 Å². The fourth-order valence-corrected chi connectivity index (χ4v) is 3.52. The summed E-state index contributed by atoms with van der Waals surface area (Å²) in [4.78, 5) is 2.75. The molecule has 1 spiro atoms. The third-order valence-corrected chi connectivity index (χ3v) is 5.03. The van der Waals surface area contributed by atoms with Crippen molar-refractivity contribution in [1.29, 1.82) is 0 Å². The maximum absolute atomic E-state index is 3.48. The molecule has 0 aliphatic carbocycles. The molecule has 0 aromatic carbocycles. The molecule has 0 radical (unpaired) electrons. The molecule has 1 atom stereocenters. The molecule has 2 nitrogen and oxygen atoms in total. The minimum Gasteiger partial charge on any atom is -0.317 e. The molecule has 0 saturated carbocycles. The average molecular weight is 224 g/mol. The number of nitrogens with one attached hydrogen (secondary N) is 1. The van der Waals surface area contributed by atoms with E-state index in [1.54, 1.807) is 0 Å². The summed E-state index contributed by atoms with van der Waals surface area (Å²) in [6.45, 7) is 12.3. The zero-order valence-electron chi connectivity index (χ0n) is 11.3. The van der Waals surface area contributed by atoms with Crippen molar-refractivity contribution < 1.29 is 0 Å². The predicted molar refractivity (Wildman–Crippen MR) is 69.7 cm³/mol. The predicted octanol–water partition coefficient (Wildman–Crippen LogP) is 2.64. The summed E-state index contributed by atoms with van der Waals surface area (Å²) < 4.78 is 0. The third kappa shape index (κ3) is 2.14. The van der Waals surface area contributed by atoms with Crippen LogP contribution in [0.1, 0.15) is 52.9 Å². The van der Waals surface area contributed by atoms with Gasteiger partial charge in [0.1, 0.15) is 0 Å². The van der Waals surface area contributed by atoms with Gasteiger partial charge in [-0.25, -0.2) is 0 Å². The number of rotatable bonds is 4. The van der Waals surface area contributed by atoms with E-state index in [9.17, 15) is 0 Å². The molecule has 0 aromatic rings. The van der Waals surface area contributed by atoms with Gasteiger partial charge < -0.3 is 5.32 Å². The molecule has 1 unspecified atom stereocenters.